The fraction of sp³-hybridized carbons (Fsp3) is 0.0870. The van der Waals surface area contributed by atoms with Crippen LogP contribution in [0.4, 0.5) is 17.2 Å². The molecule has 0 atom stereocenters. The van der Waals surface area contributed by atoms with Gasteiger partial charge < -0.3 is 5.11 Å². The third-order valence-electron chi connectivity index (χ3n) is 4.50. The van der Waals surface area contributed by atoms with Crippen LogP contribution in [0, 0.1) is 13.8 Å². The number of aromatic hydroxyl groups is 1. The Morgan fingerprint density at radius 1 is 0.900 bits per heavy atom. The fourth-order valence-electron chi connectivity index (χ4n) is 2.84. The summed E-state index contributed by atoms with van der Waals surface area (Å²) >= 11 is 0. The Bertz CT molecular complexity index is 1230. The second-order valence-corrected chi connectivity index (χ2v) is 6.79. The van der Waals surface area contributed by atoms with Crippen molar-refractivity contribution >= 4 is 23.4 Å². The monoisotopic (exact) mass is 397 g/mol. The smallest absolute Gasteiger partial charge is 0.245 e. The number of aryl methyl sites for hydroxylation is 2. The van der Waals surface area contributed by atoms with E-state index in [0.717, 1.165) is 22.4 Å². The molecule has 0 bridgehead atoms. The van der Waals surface area contributed by atoms with Crippen LogP contribution in [0.3, 0.4) is 0 Å². The molecular formula is C23H19N5O2. The third-order valence-corrected chi connectivity index (χ3v) is 4.50. The predicted molar refractivity (Wildman–Crippen MR) is 115 cm³/mol. The first-order chi connectivity index (χ1) is 14.6. The van der Waals surface area contributed by atoms with Crippen LogP contribution in [0.15, 0.2) is 86.6 Å². The second-order valence-electron chi connectivity index (χ2n) is 6.79. The molecule has 0 unspecified atom stereocenters. The van der Waals surface area contributed by atoms with Gasteiger partial charge in [0.1, 0.15) is 5.75 Å². The predicted octanol–water partition coefficient (Wildman–Crippen LogP) is 6.23. The minimum atomic E-state index is 0.107. The normalized spacial score (nSPS) is 11.5. The standard InChI is InChI=1S/C23H19N5O2/c1-15-8-9-16(2)20(12-15)24-14-18-13-19(10-11-21(18)29)25-26-23-22(27-30-28-23)17-6-4-3-5-7-17/h3-14,29H,1-2H3. The van der Waals surface area contributed by atoms with E-state index in [2.05, 4.69) is 25.5 Å². The van der Waals surface area contributed by atoms with E-state index >= 15 is 0 Å². The molecule has 0 aliphatic heterocycles. The molecule has 0 aliphatic rings. The highest BCUT2D eigenvalue weighted by Crippen LogP contribution is 2.29. The fourth-order valence-corrected chi connectivity index (χ4v) is 2.84. The number of hydrogen-bond acceptors (Lipinski definition) is 7. The van der Waals surface area contributed by atoms with E-state index in [0.29, 0.717) is 16.9 Å². The maximum absolute atomic E-state index is 10.2. The molecule has 0 fully saturated rings. The molecule has 7 nitrogen and oxygen atoms in total. The van der Waals surface area contributed by atoms with Gasteiger partial charge in [0.25, 0.3) is 0 Å². The van der Waals surface area contributed by atoms with Crippen molar-refractivity contribution in [2.24, 2.45) is 15.2 Å². The lowest BCUT2D eigenvalue weighted by atomic mass is 10.1. The highest BCUT2D eigenvalue weighted by molar-refractivity contribution is 5.87. The van der Waals surface area contributed by atoms with Crippen molar-refractivity contribution in [1.82, 2.24) is 10.3 Å². The van der Waals surface area contributed by atoms with Gasteiger partial charge in [-0.2, -0.15) is 0 Å². The zero-order chi connectivity index (χ0) is 20.9. The molecular weight excluding hydrogens is 378 g/mol. The first kappa shape index (κ1) is 19.2. The Kier molecular flexibility index (Phi) is 5.43. The number of aromatic nitrogens is 2. The van der Waals surface area contributed by atoms with E-state index in [4.69, 9.17) is 4.63 Å². The van der Waals surface area contributed by atoms with Crippen LogP contribution in [0.25, 0.3) is 11.3 Å². The molecule has 1 N–H and O–H groups in total. The van der Waals surface area contributed by atoms with E-state index in [1.54, 1.807) is 24.4 Å². The van der Waals surface area contributed by atoms with Crippen molar-refractivity contribution in [3.63, 3.8) is 0 Å². The van der Waals surface area contributed by atoms with Crippen molar-refractivity contribution in [3.8, 4) is 17.0 Å². The molecule has 0 saturated heterocycles. The zero-order valence-electron chi connectivity index (χ0n) is 16.5. The number of aliphatic imine (C=N–C) groups is 1. The Morgan fingerprint density at radius 3 is 2.57 bits per heavy atom. The Balaban J connectivity index is 1.59. The van der Waals surface area contributed by atoms with Crippen LogP contribution in [0.5, 0.6) is 5.75 Å². The van der Waals surface area contributed by atoms with Crippen molar-refractivity contribution in [3.05, 3.63) is 83.4 Å². The van der Waals surface area contributed by atoms with Crippen molar-refractivity contribution in [2.45, 2.75) is 13.8 Å². The van der Waals surface area contributed by atoms with Gasteiger partial charge in [-0.25, -0.2) is 4.63 Å². The zero-order valence-corrected chi connectivity index (χ0v) is 16.5. The minimum Gasteiger partial charge on any atom is -0.507 e. The Hall–Kier alpha value is -4.13. The number of hydrogen-bond donors (Lipinski definition) is 1. The van der Waals surface area contributed by atoms with Crippen LogP contribution in [0.1, 0.15) is 16.7 Å². The summed E-state index contributed by atoms with van der Waals surface area (Å²) in [6.07, 6.45) is 1.61. The van der Waals surface area contributed by atoms with Gasteiger partial charge in [0.15, 0.2) is 5.69 Å². The van der Waals surface area contributed by atoms with E-state index < -0.39 is 0 Å². The Morgan fingerprint density at radius 2 is 1.73 bits per heavy atom. The molecule has 4 aromatic rings. The average molecular weight is 397 g/mol. The summed E-state index contributed by atoms with van der Waals surface area (Å²) in [6, 6.07) is 20.4. The van der Waals surface area contributed by atoms with E-state index in [1.165, 1.54) is 0 Å². The van der Waals surface area contributed by atoms with E-state index in [1.807, 2.05) is 62.4 Å². The van der Waals surface area contributed by atoms with E-state index in [-0.39, 0.29) is 11.6 Å². The number of phenols is 1. The van der Waals surface area contributed by atoms with Gasteiger partial charge in [0, 0.05) is 17.3 Å². The summed E-state index contributed by atoms with van der Waals surface area (Å²) in [6.45, 7) is 4.01. The first-order valence-electron chi connectivity index (χ1n) is 9.34. The molecule has 0 amide bonds. The molecule has 1 heterocycles. The molecule has 1 aromatic heterocycles. The van der Waals surface area contributed by atoms with Gasteiger partial charge in [-0.1, -0.05) is 42.5 Å². The van der Waals surface area contributed by atoms with Gasteiger partial charge in [-0.15, -0.1) is 10.2 Å². The van der Waals surface area contributed by atoms with Crippen molar-refractivity contribution < 1.29 is 9.74 Å². The lowest BCUT2D eigenvalue weighted by molar-refractivity contribution is 0.309. The SMILES string of the molecule is Cc1ccc(C)c(N=Cc2cc(N=Nc3nonc3-c3ccccc3)ccc2O)c1. The molecule has 3 aromatic carbocycles. The quantitative estimate of drug-likeness (QED) is 0.319. The molecule has 0 saturated carbocycles. The number of nitrogens with zero attached hydrogens (tertiary/aromatic N) is 5. The molecule has 4 rings (SSSR count). The van der Waals surface area contributed by atoms with Gasteiger partial charge in [-0.05, 0) is 59.6 Å². The van der Waals surface area contributed by atoms with E-state index in [9.17, 15) is 5.11 Å². The summed E-state index contributed by atoms with van der Waals surface area (Å²) < 4.78 is 4.82. The third kappa shape index (κ3) is 4.30. The summed E-state index contributed by atoms with van der Waals surface area (Å²) in [5.74, 6) is 0.385. The van der Waals surface area contributed by atoms with Gasteiger partial charge >= 0.3 is 0 Å². The molecule has 0 radical (unpaired) electrons. The van der Waals surface area contributed by atoms with Crippen LogP contribution in [-0.4, -0.2) is 21.6 Å². The largest absolute Gasteiger partial charge is 0.507 e. The topological polar surface area (TPSA) is 96.2 Å². The van der Waals surface area contributed by atoms with Crippen LogP contribution in [0.2, 0.25) is 0 Å². The van der Waals surface area contributed by atoms with Gasteiger partial charge in [0.05, 0.1) is 11.4 Å². The minimum absolute atomic E-state index is 0.107. The van der Waals surface area contributed by atoms with Crippen LogP contribution >= 0.6 is 0 Å². The maximum atomic E-state index is 10.2. The van der Waals surface area contributed by atoms with Crippen LogP contribution < -0.4 is 0 Å². The molecule has 30 heavy (non-hydrogen) atoms. The average Bonchev–Trinajstić information content (AvgIpc) is 3.23. The number of benzene rings is 3. The highest BCUT2D eigenvalue weighted by Gasteiger charge is 2.11. The summed E-state index contributed by atoms with van der Waals surface area (Å²) in [5, 5.41) is 26.3. The molecule has 0 spiro atoms. The van der Waals surface area contributed by atoms with Gasteiger partial charge in [0.2, 0.25) is 5.82 Å². The summed E-state index contributed by atoms with van der Waals surface area (Å²) in [5.41, 5.74) is 5.44. The Labute approximate surface area is 173 Å². The lowest BCUT2D eigenvalue weighted by Crippen LogP contribution is -1.84. The highest BCUT2D eigenvalue weighted by atomic mass is 16.6. The summed E-state index contributed by atoms with van der Waals surface area (Å²) in [4.78, 5) is 4.51. The summed E-state index contributed by atoms with van der Waals surface area (Å²) in [7, 11) is 0. The lowest BCUT2D eigenvalue weighted by Gasteiger charge is -2.03. The number of azo groups is 1. The van der Waals surface area contributed by atoms with Crippen LogP contribution in [-0.2, 0) is 0 Å². The molecule has 0 aliphatic carbocycles. The van der Waals surface area contributed by atoms with Crippen molar-refractivity contribution in [2.75, 3.05) is 0 Å². The van der Waals surface area contributed by atoms with Crippen molar-refractivity contribution in [1.29, 1.82) is 0 Å². The number of rotatable bonds is 5. The number of phenolic OH excluding ortho intramolecular Hbond substituents is 1. The first-order valence-corrected chi connectivity index (χ1v) is 9.34. The molecule has 148 valence electrons. The van der Waals surface area contributed by atoms with Gasteiger partial charge in [-0.3, -0.25) is 4.99 Å². The maximum Gasteiger partial charge on any atom is 0.245 e. The molecule has 7 heteroatoms. The second kappa shape index (κ2) is 8.48.